The van der Waals surface area contributed by atoms with Gasteiger partial charge in [-0.05, 0) is 55.3 Å². The van der Waals surface area contributed by atoms with Gasteiger partial charge in [0.05, 0.1) is 11.6 Å². The molecule has 3 heteroatoms. The summed E-state index contributed by atoms with van der Waals surface area (Å²) in [7, 11) is 2.04. The van der Waals surface area contributed by atoms with Crippen molar-refractivity contribution in [3.8, 4) is 17.3 Å². The predicted octanol–water partition coefficient (Wildman–Crippen LogP) is 4.57. The van der Waals surface area contributed by atoms with Crippen LogP contribution in [0.5, 0.6) is 0 Å². The summed E-state index contributed by atoms with van der Waals surface area (Å²) in [6.45, 7) is 4.07. The number of rotatable bonds is 1. The lowest BCUT2D eigenvalue weighted by Gasteiger charge is -2.04. The van der Waals surface area contributed by atoms with Crippen molar-refractivity contribution < 1.29 is 8.98 Å². The molecule has 0 N–H and O–H groups in total. The Labute approximate surface area is 140 Å². The van der Waals surface area contributed by atoms with Gasteiger partial charge in [0.25, 0.3) is 0 Å². The summed E-state index contributed by atoms with van der Waals surface area (Å²) >= 11 is 0. The van der Waals surface area contributed by atoms with Crippen LogP contribution in [0.1, 0.15) is 16.7 Å². The third-order valence-electron chi connectivity index (χ3n) is 4.51. The molecule has 2 aromatic heterocycles. The molecule has 0 saturated carbocycles. The highest BCUT2D eigenvalue weighted by Crippen LogP contribution is 2.36. The monoisotopic (exact) mass is 313 g/mol. The average molecular weight is 313 g/mol. The molecule has 0 saturated heterocycles. The molecule has 24 heavy (non-hydrogen) atoms. The van der Waals surface area contributed by atoms with Gasteiger partial charge in [0.2, 0.25) is 5.69 Å². The van der Waals surface area contributed by atoms with E-state index >= 15 is 0 Å². The first kappa shape index (κ1) is 14.5. The maximum absolute atomic E-state index is 9.53. The zero-order valence-electron chi connectivity index (χ0n) is 13.9. The molecule has 4 rings (SSSR count). The van der Waals surface area contributed by atoms with Crippen LogP contribution >= 0.6 is 0 Å². The van der Waals surface area contributed by atoms with Gasteiger partial charge in [0.15, 0.2) is 6.20 Å². The van der Waals surface area contributed by atoms with Crippen molar-refractivity contribution >= 4 is 21.9 Å². The minimum Gasteiger partial charge on any atom is -0.456 e. The third kappa shape index (κ3) is 2.08. The zero-order valence-corrected chi connectivity index (χ0v) is 13.9. The molecule has 0 aliphatic rings. The molecule has 0 aliphatic heterocycles. The third-order valence-corrected chi connectivity index (χ3v) is 4.51. The second kappa shape index (κ2) is 5.21. The fourth-order valence-corrected chi connectivity index (χ4v) is 3.36. The van der Waals surface area contributed by atoms with E-state index in [1.807, 2.05) is 44.4 Å². The van der Waals surface area contributed by atoms with Crippen molar-refractivity contribution in [3.05, 3.63) is 65.4 Å². The first-order chi connectivity index (χ1) is 11.6. The number of aryl methyl sites for hydroxylation is 3. The number of furan rings is 1. The Kier molecular flexibility index (Phi) is 3.14. The van der Waals surface area contributed by atoms with Gasteiger partial charge < -0.3 is 4.42 Å². The van der Waals surface area contributed by atoms with Crippen molar-refractivity contribution in [1.82, 2.24) is 0 Å². The molecule has 0 fully saturated rings. The van der Waals surface area contributed by atoms with Gasteiger partial charge in [-0.3, -0.25) is 0 Å². The summed E-state index contributed by atoms with van der Waals surface area (Å²) in [6, 6.07) is 16.6. The number of hydrogen-bond acceptors (Lipinski definition) is 2. The SMILES string of the molecule is Cc1cc(C#N)c2c(c1)oc1cc(C)c(-c3cccc[n+]3C)cc12. The lowest BCUT2D eigenvalue weighted by molar-refractivity contribution is -0.660. The molecule has 4 aromatic rings. The van der Waals surface area contributed by atoms with E-state index < -0.39 is 0 Å². The molecule has 0 aliphatic carbocycles. The molecular weight excluding hydrogens is 296 g/mol. The van der Waals surface area contributed by atoms with Gasteiger partial charge in [0.1, 0.15) is 18.2 Å². The Hall–Kier alpha value is -3.12. The quantitative estimate of drug-likeness (QED) is 0.483. The normalized spacial score (nSPS) is 11.1. The minimum atomic E-state index is 0.663. The van der Waals surface area contributed by atoms with Crippen molar-refractivity contribution in [2.24, 2.45) is 7.05 Å². The Bertz CT molecular complexity index is 1150. The molecule has 3 nitrogen and oxygen atoms in total. The summed E-state index contributed by atoms with van der Waals surface area (Å²) in [5.41, 5.74) is 6.73. The lowest BCUT2D eigenvalue weighted by atomic mass is 9.99. The molecule has 116 valence electrons. The van der Waals surface area contributed by atoms with E-state index in [0.29, 0.717) is 5.56 Å². The predicted molar refractivity (Wildman–Crippen MR) is 94.5 cm³/mol. The van der Waals surface area contributed by atoms with Crippen LogP contribution in [0.2, 0.25) is 0 Å². The highest BCUT2D eigenvalue weighted by atomic mass is 16.3. The standard InChI is InChI=1S/C21H17N2O/c1-13-8-15(12-22)21-17-11-16(18-6-4-5-7-23(18)3)14(2)10-19(17)24-20(21)9-13/h4-11H,1-3H3/q+1. The smallest absolute Gasteiger partial charge is 0.212 e. The molecule has 2 heterocycles. The van der Waals surface area contributed by atoms with Crippen LogP contribution in [0.25, 0.3) is 33.2 Å². The molecule has 0 radical (unpaired) electrons. The molecule has 0 amide bonds. The van der Waals surface area contributed by atoms with E-state index in [9.17, 15) is 5.26 Å². The van der Waals surface area contributed by atoms with Crippen molar-refractivity contribution in [2.75, 3.05) is 0 Å². The number of benzene rings is 2. The number of pyridine rings is 1. The van der Waals surface area contributed by atoms with E-state index in [-0.39, 0.29) is 0 Å². The van der Waals surface area contributed by atoms with Crippen LogP contribution in [-0.2, 0) is 7.05 Å². The number of fused-ring (bicyclic) bond motifs is 3. The first-order valence-electron chi connectivity index (χ1n) is 7.91. The maximum Gasteiger partial charge on any atom is 0.212 e. The molecule has 2 aromatic carbocycles. The van der Waals surface area contributed by atoms with Crippen LogP contribution in [0.3, 0.4) is 0 Å². The van der Waals surface area contributed by atoms with E-state index in [1.165, 1.54) is 0 Å². The van der Waals surface area contributed by atoms with Crippen LogP contribution in [0.4, 0.5) is 0 Å². The molecule has 0 unspecified atom stereocenters. The van der Waals surface area contributed by atoms with Crippen LogP contribution < -0.4 is 4.57 Å². The van der Waals surface area contributed by atoms with Crippen molar-refractivity contribution in [2.45, 2.75) is 13.8 Å². The first-order valence-corrected chi connectivity index (χ1v) is 7.91. The second-order valence-electron chi connectivity index (χ2n) is 6.26. The fraction of sp³-hybridized carbons (Fsp3) is 0.143. The molecular formula is C21H17N2O+. The van der Waals surface area contributed by atoms with E-state index in [0.717, 1.165) is 44.3 Å². The van der Waals surface area contributed by atoms with Gasteiger partial charge >= 0.3 is 0 Å². The number of aromatic nitrogens is 1. The highest BCUT2D eigenvalue weighted by molar-refractivity contribution is 6.09. The van der Waals surface area contributed by atoms with Crippen LogP contribution in [0.15, 0.2) is 53.1 Å². The van der Waals surface area contributed by atoms with Gasteiger partial charge in [-0.15, -0.1) is 0 Å². The van der Waals surface area contributed by atoms with Gasteiger partial charge in [0, 0.05) is 28.5 Å². The van der Waals surface area contributed by atoms with Gasteiger partial charge in [-0.25, -0.2) is 4.57 Å². The number of nitriles is 1. The Morgan fingerprint density at radius 3 is 2.62 bits per heavy atom. The topological polar surface area (TPSA) is 40.8 Å². The van der Waals surface area contributed by atoms with Crippen LogP contribution in [0, 0.1) is 25.2 Å². The van der Waals surface area contributed by atoms with E-state index in [4.69, 9.17) is 4.42 Å². The number of nitrogens with zero attached hydrogens (tertiary/aromatic N) is 2. The summed E-state index contributed by atoms with van der Waals surface area (Å²) < 4.78 is 8.12. The van der Waals surface area contributed by atoms with Gasteiger partial charge in [-0.2, -0.15) is 5.26 Å². The zero-order chi connectivity index (χ0) is 16.8. The largest absolute Gasteiger partial charge is 0.456 e. The van der Waals surface area contributed by atoms with Crippen molar-refractivity contribution in [1.29, 1.82) is 5.26 Å². The number of hydrogen-bond donors (Lipinski definition) is 0. The minimum absolute atomic E-state index is 0.663. The van der Waals surface area contributed by atoms with E-state index in [2.05, 4.69) is 35.8 Å². The lowest BCUT2D eigenvalue weighted by Crippen LogP contribution is -2.30. The maximum atomic E-state index is 9.53. The Morgan fingerprint density at radius 1 is 1.04 bits per heavy atom. The second-order valence-corrected chi connectivity index (χ2v) is 6.26. The van der Waals surface area contributed by atoms with E-state index in [1.54, 1.807) is 0 Å². The summed E-state index contributed by atoms with van der Waals surface area (Å²) in [5, 5.41) is 11.4. The Balaban J connectivity index is 2.12. The van der Waals surface area contributed by atoms with Crippen LogP contribution in [-0.4, -0.2) is 0 Å². The summed E-state index contributed by atoms with van der Waals surface area (Å²) in [6.07, 6.45) is 2.04. The summed E-state index contributed by atoms with van der Waals surface area (Å²) in [5.74, 6) is 0. The molecule has 0 atom stereocenters. The summed E-state index contributed by atoms with van der Waals surface area (Å²) in [4.78, 5) is 0. The fourth-order valence-electron chi connectivity index (χ4n) is 3.36. The van der Waals surface area contributed by atoms with Crippen molar-refractivity contribution in [3.63, 3.8) is 0 Å². The molecule has 0 spiro atoms. The van der Waals surface area contributed by atoms with Gasteiger partial charge in [-0.1, -0.05) is 0 Å². The Morgan fingerprint density at radius 2 is 1.88 bits per heavy atom. The highest BCUT2D eigenvalue weighted by Gasteiger charge is 2.17. The average Bonchev–Trinajstić information content (AvgIpc) is 2.90. The molecule has 0 bridgehead atoms.